The molecule has 0 amide bonds. The van der Waals surface area contributed by atoms with Crippen LogP contribution in [-0.4, -0.2) is 11.7 Å². The SMILES string of the molecule is O[C@H](CNCl)c1cc(Cl)c2c(c1)CCC2. The van der Waals surface area contributed by atoms with Crippen LogP contribution in [0.3, 0.4) is 0 Å². The molecular weight excluding hydrogens is 233 g/mol. The molecule has 0 fully saturated rings. The van der Waals surface area contributed by atoms with Crippen molar-refractivity contribution in [3.63, 3.8) is 0 Å². The second-order valence-corrected chi connectivity index (χ2v) is 4.52. The van der Waals surface area contributed by atoms with E-state index in [1.807, 2.05) is 12.1 Å². The van der Waals surface area contributed by atoms with Gasteiger partial charge in [-0.1, -0.05) is 17.7 Å². The second-order valence-electron chi connectivity index (χ2n) is 3.85. The van der Waals surface area contributed by atoms with Gasteiger partial charge in [-0.15, -0.1) is 0 Å². The molecule has 0 radical (unpaired) electrons. The second kappa shape index (κ2) is 4.71. The van der Waals surface area contributed by atoms with Crippen LogP contribution in [-0.2, 0) is 12.8 Å². The van der Waals surface area contributed by atoms with Crippen molar-refractivity contribution in [1.82, 2.24) is 4.84 Å². The van der Waals surface area contributed by atoms with Crippen LogP contribution in [0.15, 0.2) is 12.1 Å². The quantitative estimate of drug-likeness (QED) is 0.803. The van der Waals surface area contributed by atoms with E-state index < -0.39 is 6.10 Å². The van der Waals surface area contributed by atoms with Crippen molar-refractivity contribution >= 4 is 23.4 Å². The fraction of sp³-hybridized carbons (Fsp3) is 0.455. The van der Waals surface area contributed by atoms with Crippen molar-refractivity contribution in [2.45, 2.75) is 25.4 Å². The number of aryl methyl sites for hydroxylation is 1. The predicted octanol–water partition coefficient (Wildman–Crippen LogP) is 2.61. The molecule has 0 bridgehead atoms. The summed E-state index contributed by atoms with van der Waals surface area (Å²) in [6.07, 6.45) is 2.68. The summed E-state index contributed by atoms with van der Waals surface area (Å²) in [5.41, 5.74) is 3.35. The van der Waals surface area contributed by atoms with Crippen LogP contribution in [0.2, 0.25) is 5.02 Å². The minimum Gasteiger partial charge on any atom is -0.387 e. The first-order valence-electron chi connectivity index (χ1n) is 5.05. The zero-order valence-electron chi connectivity index (χ0n) is 8.26. The molecule has 2 nitrogen and oxygen atoms in total. The van der Waals surface area contributed by atoms with Gasteiger partial charge in [-0.25, -0.2) is 4.84 Å². The first-order valence-corrected chi connectivity index (χ1v) is 5.80. The predicted molar refractivity (Wildman–Crippen MR) is 62.3 cm³/mol. The molecule has 1 aromatic carbocycles. The van der Waals surface area contributed by atoms with Crippen LogP contribution in [0.5, 0.6) is 0 Å². The van der Waals surface area contributed by atoms with Crippen molar-refractivity contribution in [3.8, 4) is 0 Å². The lowest BCUT2D eigenvalue weighted by Gasteiger charge is -2.12. The minimum absolute atomic E-state index is 0.330. The zero-order chi connectivity index (χ0) is 10.8. The van der Waals surface area contributed by atoms with Crippen LogP contribution < -0.4 is 4.84 Å². The van der Waals surface area contributed by atoms with Gasteiger partial charge in [0.15, 0.2) is 0 Å². The van der Waals surface area contributed by atoms with E-state index >= 15 is 0 Å². The average molecular weight is 246 g/mol. The summed E-state index contributed by atoms with van der Waals surface area (Å²) in [6, 6.07) is 3.87. The molecule has 2 N–H and O–H groups in total. The van der Waals surface area contributed by atoms with Gasteiger partial charge >= 0.3 is 0 Å². The maximum atomic E-state index is 9.77. The molecule has 1 aromatic rings. The number of nitrogens with one attached hydrogen (secondary N) is 1. The summed E-state index contributed by atoms with van der Waals surface area (Å²) in [6.45, 7) is 0.330. The number of benzene rings is 1. The molecule has 0 aromatic heterocycles. The highest BCUT2D eigenvalue weighted by molar-refractivity contribution is 6.31. The van der Waals surface area contributed by atoms with E-state index in [0.717, 1.165) is 29.8 Å². The fourth-order valence-electron chi connectivity index (χ4n) is 2.06. The van der Waals surface area contributed by atoms with E-state index in [2.05, 4.69) is 4.84 Å². The highest BCUT2D eigenvalue weighted by atomic mass is 35.5. The summed E-state index contributed by atoms with van der Waals surface area (Å²) in [4.78, 5) is 2.43. The number of hydrogen-bond donors (Lipinski definition) is 2. The van der Waals surface area contributed by atoms with E-state index in [1.54, 1.807) is 0 Å². The van der Waals surface area contributed by atoms with Gasteiger partial charge in [0.25, 0.3) is 0 Å². The molecule has 0 spiro atoms. The van der Waals surface area contributed by atoms with Crippen LogP contribution in [0.1, 0.15) is 29.2 Å². The number of halogens is 2. The van der Waals surface area contributed by atoms with Crippen molar-refractivity contribution in [2.24, 2.45) is 0 Å². The normalized spacial score (nSPS) is 16.5. The minimum atomic E-state index is -0.592. The van der Waals surface area contributed by atoms with Gasteiger partial charge < -0.3 is 5.11 Å². The lowest BCUT2D eigenvalue weighted by Crippen LogP contribution is -2.12. The van der Waals surface area contributed by atoms with Gasteiger partial charge in [-0.3, -0.25) is 0 Å². The maximum Gasteiger partial charge on any atom is 0.0928 e. The summed E-state index contributed by atoms with van der Waals surface area (Å²) < 4.78 is 0. The van der Waals surface area contributed by atoms with Crippen molar-refractivity contribution in [1.29, 1.82) is 0 Å². The van der Waals surface area contributed by atoms with Crippen molar-refractivity contribution in [2.75, 3.05) is 6.54 Å². The molecule has 0 saturated carbocycles. The highest BCUT2D eigenvalue weighted by Gasteiger charge is 2.17. The van der Waals surface area contributed by atoms with Gasteiger partial charge in [0.1, 0.15) is 0 Å². The Balaban J connectivity index is 2.30. The summed E-state index contributed by atoms with van der Waals surface area (Å²) in [7, 11) is 0. The third kappa shape index (κ3) is 2.28. The standard InChI is InChI=1S/C11H13Cl2NO/c12-10-5-8(11(15)6-14-13)4-7-2-1-3-9(7)10/h4-5,11,14-15H,1-3,6H2/t11-/m1/s1. The molecule has 4 heteroatoms. The molecule has 1 atom stereocenters. The Morgan fingerprint density at radius 3 is 2.93 bits per heavy atom. The number of fused-ring (bicyclic) bond motifs is 1. The molecule has 0 unspecified atom stereocenters. The molecule has 1 aliphatic carbocycles. The topological polar surface area (TPSA) is 32.3 Å². The average Bonchev–Trinajstić information content (AvgIpc) is 2.66. The van der Waals surface area contributed by atoms with E-state index in [4.69, 9.17) is 23.4 Å². The maximum absolute atomic E-state index is 9.77. The third-order valence-electron chi connectivity index (χ3n) is 2.84. The van der Waals surface area contributed by atoms with E-state index in [9.17, 15) is 5.11 Å². The lowest BCUT2D eigenvalue weighted by atomic mass is 10.0. The molecule has 15 heavy (non-hydrogen) atoms. The zero-order valence-corrected chi connectivity index (χ0v) is 9.78. The smallest absolute Gasteiger partial charge is 0.0928 e. The number of aliphatic hydroxyl groups excluding tert-OH is 1. The van der Waals surface area contributed by atoms with Crippen molar-refractivity contribution < 1.29 is 5.11 Å². The first kappa shape index (κ1) is 11.2. The van der Waals surface area contributed by atoms with Crippen LogP contribution in [0.25, 0.3) is 0 Å². The number of rotatable bonds is 3. The molecule has 1 aliphatic rings. The Kier molecular flexibility index (Phi) is 3.52. The van der Waals surface area contributed by atoms with Crippen molar-refractivity contribution in [3.05, 3.63) is 33.8 Å². The van der Waals surface area contributed by atoms with Crippen LogP contribution in [0.4, 0.5) is 0 Å². The van der Waals surface area contributed by atoms with Crippen LogP contribution >= 0.6 is 23.4 Å². The monoisotopic (exact) mass is 245 g/mol. The van der Waals surface area contributed by atoms with Crippen LogP contribution in [0, 0.1) is 0 Å². The molecule has 2 rings (SSSR count). The highest BCUT2D eigenvalue weighted by Crippen LogP contribution is 2.32. The van der Waals surface area contributed by atoms with Gasteiger partial charge in [-0.05, 0) is 53.8 Å². The molecule has 0 heterocycles. The molecule has 0 saturated heterocycles. The number of aliphatic hydroxyl groups is 1. The summed E-state index contributed by atoms with van der Waals surface area (Å²) >= 11 is 11.5. The fourth-order valence-corrected chi connectivity index (χ4v) is 2.55. The lowest BCUT2D eigenvalue weighted by molar-refractivity contribution is 0.182. The van der Waals surface area contributed by atoms with Gasteiger partial charge in [0, 0.05) is 11.6 Å². The van der Waals surface area contributed by atoms with Gasteiger partial charge in [0.2, 0.25) is 0 Å². The third-order valence-corrected chi connectivity index (χ3v) is 3.33. The van der Waals surface area contributed by atoms with E-state index in [1.165, 1.54) is 11.1 Å². The van der Waals surface area contributed by atoms with E-state index in [0.29, 0.717) is 6.54 Å². The Morgan fingerprint density at radius 2 is 2.20 bits per heavy atom. The van der Waals surface area contributed by atoms with Gasteiger partial charge in [-0.2, -0.15) is 0 Å². The Labute approximate surface area is 99.3 Å². The summed E-state index contributed by atoms with van der Waals surface area (Å²) in [5, 5.41) is 10.5. The number of hydrogen-bond acceptors (Lipinski definition) is 2. The largest absolute Gasteiger partial charge is 0.387 e. The Morgan fingerprint density at radius 1 is 1.40 bits per heavy atom. The molecule has 82 valence electrons. The molecular formula is C11H13Cl2NO. The Hall–Kier alpha value is -0.280. The Bertz CT molecular complexity index is 368. The van der Waals surface area contributed by atoms with E-state index in [-0.39, 0.29) is 0 Å². The first-order chi connectivity index (χ1) is 7.22. The van der Waals surface area contributed by atoms with Gasteiger partial charge in [0.05, 0.1) is 6.10 Å². The molecule has 0 aliphatic heterocycles. The summed E-state index contributed by atoms with van der Waals surface area (Å²) in [5.74, 6) is 0.